The Morgan fingerprint density at radius 2 is 1.36 bits per heavy atom. The molecule has 0 radical (unpaired) electrons. The van der Waals surface area contributed by atoms with Crippen molar-refractivity contribution in [2.75, 3.05) is 39.1 Å². The summed E-state index contributed by atoms with van der Waals surface area (Å²) in [5.74, 6) is 1.47. The summed E-state index contributed by atoms with van der Waals surface area (Å²) >= 11 is 0. The zero-order valence-electron chi connectivity index (χ0n) is 19.0. The Balaban J connectivity index is 1.75. The van der Waals surface area contributed by atoms with Gasteiger partial charge in [-0.1, -0.05) is 0 Å². The Labute approximate surface area is 191 Å². The number of methoxy groups -OCH3 is 4. The number of anilines is 2. The summed E-state index contributed by atoms with van der Waals surface area (Å²) < 4.78 is 21.0. The van der Waals surface area contributed by atoms with Gasteiger partial charge < -0.3 is 29.6 Å². The Morgan fingerprint density at radius 1 is 0.758 bits per heavy atom. The number of hydrogen-bond donors (Lipinski definition) is 2. The van der Waals surface area contributed by atoms with E-state index >= 15 is 0 Å². The van der Waals surface area contributed by atoms with Crippen molar-refractivity contribution in [3.63, 3.8) is 0 Å². The lowest BCUT2D eigenvalue weighted by Gasteiger charge is -2.15. The minimum Gasteiger partial charge on any atom is -0.497 e. The van der Waals surface area contributed by atoms with Crippen LogP contribution >= 0.6 is 0 Å². The van der Waals surface area contributed by atoms with Crippen molar-refractivity contribution in [3.05, 3.63) is 65.4 Å². The predicted octanol–water partition coefficient (Wildman–Crippen LogP) is 3.93. The number of nitrogens with zero attached hydrogens (tertiary/aromatic N) is 1. The summed E-state index contributed by atoms with van der Waals surface area (Å²) in [6.45, 7) is 1.80. The highest BCUT2D eigenvalue weighted by atomic mass is 16.5. The van der Waals surface area contributed by atoms with E-state index in [4.69, 9.17) is 18.9 Å². The number of aryl methyl sites for hydroxylation is 1. The molecule has 2 N–H and O–H groups in total. The molecule has 0 saturated carbocycles. The number of carbonyl (C=O) groups is 2. The van der Waals surface area contributed by atoms with Gasteiger partial charge in [0.2, 0.25) is 5.75 Å². The van der Waals surface area contributed by atoms with Crippen molar-refractivity contribution in [1.29, 1.82) is 0 Å². The van der Waals surface area contributed by atoms with Crippen molar-refractivity contribution >= 4 is 23.3 Å². The first-order valence-electron chi connectivity index (χ1n) is 9.93. The topological polar surface area (TPSA) is 108 Å². The molecule has 3 aromatic rings. The van der Waals surface area contributed by atoms with Gasteiger partial charge in [-0.15, -0.1) is 0 Å². The molecule has 0 bridgehead atoms. The van der Waals surface area contributed by atoms with Crippen molar-refractivity contribution in [1.82, 2.24) is 4.98 Å². The van der Waals surface area contributed by atoms with E-state index in [0.29, 0.717) is 45.6 Å². The second-order valence-electron chi connectivity index (χ2n) is 6.94. The summed E-state index contributed by atoms with van der Waals surface area (Å²) in [4.78, 5) is 29.5. The molecule has 1 heterocycles. The third-order valence-electron chi connectivity index (χ3n) is 4.88. The van der Waals surface area contributed by atoms with Gasteiger partial charge >= 0.3 is 0 Å². The maximum Gasteiger partial charge on any atom is 0.256 e. The van der Waals surface area contributed by atoms with Gasteiger partial charge in [-0.2, -0.15) is 0 Å². The van der Waals surface area contributed by atoms with Gasteiger partial charge in [-0.05, 0) is 55.0 Å². The second kappa shape index (κ2) is 10.4. The third kappa shape index (κ3) is 5.32. The van der Waals surface area contributed by atoms with E-state index in [1.165, 1.54) is 27.5 Å². The van der Waals surface area contributed by atoms with Crippen LogP contribution in [-0.4, -0.2) is 45.2 Å². The normalized spacial score (nSPS) is 10.2. The molecule has 0 spiro atoms. The highest BCUT2D eigenvalue weighted by Gasteiger charge is 2.18. The fourth-order valence-corrected chi connectivity index (χ4v) is 3.09. The highest BCUT2D eigenvalue weighted by Crippen LogP contribution is 2.38. The van der Waals surface area contributed by atoms with Crippen molar-refractivity contribution < 1.29 is 28.5 Å². The molecule has 33 heavy (non-hydrogen) atoms. The van der Waals surface area contributed by atoms with Crippen molar-refractivity contribution in [2.45, 2.75) is 6.92 Å². The summed E-state index contributed by atoms with van der Waals surface area (Å²) in [5.41, 5.74) is 2.00. The second-order valence-corrected chi connectivity index (χ2v) is 6.94. The van der Waals surface area contributed by atoms with Gasteiger partial charge in [0.25, 0.3) is 11.8 Å². The van der Waals surface area contributed by atoms with Crippen LogP contribution in [0.15, 0.2) is 48.7 Å². The van der Waals surface area contributed by atoms with Crippen LogP contribution in [0.5, 0.6) is 23.0 Å². The zero-order valence-corrected chi connectivity index (χ0v) is 19.0. The number of pyridine rings is 1. The lowest BCUT2D eigenvalue weighted by atomic mass is 10.1. The minimum atomic E-state index is -0.380. The molecule has 0 aliphatic heterocycles. The van der Waals surface area contributed by atoms with Gasteiger partial charge in [0, 0.05) is 11.1 Å². The summed E-state index contributed by atoms with van der Waals surface area (Å²) in [6, 6.07) is 11.5. The molecule has 1 aromatic heterocycles. The van der Waals surface area contributed by atoms with Crippen LogP contribution in [0.1, 0.15) is 26.3 Å². The number of amides is 2. The van der Waals surface area contributed by atoms with Gasteiger partial charge in [0.15, 0.2) is 11.5 Å². The highest BCUT2D eigenvalue weighted by molar-refractivity contribution is 6.06. The van der Waals surface area contributed by atoms with Crippen molar-refractivity contribution in [2.24, 2.45) is 0 Å². The Morgan fingerprint density at radius 3 is 1.88 bits per heavy atom. The molecule has 9 nitrogen and oxygen atoms in total. The standard InChI is InChI=1S/C24H25N3O6/c1-14-10-21(27-23(28)15-6-8-17(30-2)9-7-15)25-13-18(14)26-24(29)16-11-19(31-3)22(33-5)20(12-16)32-4/h6-13H,1-5H3,(H,26,29)(H,25,27,28). The number of carbonyl (C=O) groups excluding carboxylic acids is 2. The molecule has 0 aliphatic rings. The maximum atomic E-state index is 12.8. The van der Waals surface area contributed by atoms with E-state index in [2.05, 4.69) is 15.6 Å². The van der Waals surface area contributed by atoms with E-state index < -0.39 is 0 Å². The Bertz CT molecular complexity index is 1140. The number of rotatable bonds is 8. The van der Waals surface area contributed by atoms with Crippen LogP contribution in [0.4, 0.5) is 11.5 Å². The molecule has 0 atom stereocenters. The van der Waals surface area contributed by atoms with Crippen LogP contribution < -0.4 is 29.6 Å². The fraction of sp³-hybridized carbons (Fsp3) is 0.208. The summed E-state index contributed by atoms with van der Waals surface area (Å²) in [5, 5.41) is 5.55. The number of ether oxygens (including phenoxy) is 4. The third-order valence-corrected chi connectivity index (χ3v) is 4.88. The predicted molar refractivity (Wildman–Crippen MR) is 124 cm³/mol. The van der Waals surface area contributed by atoms with E-state index in [1.54, 1.807) is 56.5 Å². The lowest BCUT2D eigenvalue weighted by molar-refractivity contribution is 0.101. The summed E-state index contributed by atoms with van der Waals surface area (Å²) in [7, 11) is 6.01. The first-order valence-corrected chi connectivity index (χ1v) is 9.93. The van der Waals surface area contributed by atoms with Gasteiger partial charge in [-0.25, -0.2) is 4.98 Å². The molecule has 0 saturated heterocycles. The summed E-state index contributed by atoms with van der Waals surface area (Å²) in [6.07, 6.45) is 1.48. The average molecular weight is 451 g/mol. The molecular weight excluding hydrogens is 426 g/mol. The largest absolute Gasteiger partial charge is 0.497 e. The molecular formula is C24H25N3O6. The first kappa shape index (κ1) is 23.4. The van der Waals surface area contributed by atoms with Crippen LogP contribution in [0.2, 0.25) is 0 Å². The average Bonchev–Trinajstić information content (AvgIpc) is 2.84. The van der Waals surface area contributed by atoms with Gasteiger partial charge in [0.1, 0.15) is 11.6 Å². The molecule has 2 aromatic carbocycles. The van der Waals surface area contributed by atoms with E-state index in [0.717, 1.165) is 5.56 Å². The monoisotopic (exact) mass is 451 g/mol. The SMILES string of the molecule is COc1ccc(C(=O)Nc2cc(C)c(NC(=O)c3cc(OC)c(OC)c(OC)c3)cn2)cc1. The number of aromatic nitrogens is 1. The number of benzene rings is 2. The first-order chi connectivity index (χ1) is 15.9. The Hall–Kier alpha value is -4.27. The van der Waals surface area contributed by atoms with Gasteiger partial charge in [0.05, 0.1) is 40.3 Å². The number of hydrogen-bond acceptors (Lipinski definition) is 7. The van der Waals surface area contributed by atoms with Crippen LogP contribution in [0.3, 0.4) is 0 Å². The van der Waals surface area contributed by atoms with Crippen molar-refractivity contribution in [3.8, 4) is 23.0 Å². The molecule has 0 fully saturated rings. The Kier molecular flexibility index (Phi) is 7.34. The van der Waals surface area contributed by atoms with Crippen LogP contribution in [0.25, 0.3) is 0 Å². The maximum absolute atomic E-state index is 12.8. The van der Waals surface area contributed by atoms with Crippen LogP contribution in [-0.2, 0) is 0 Å². The molecule has 172 valence electrons. The smallest absolute Gasteiger partial charge is 0.256 e. The van der Waals surface area contributed by atoms with E-state index in [9.17, 15) is 9.59 Å². The molecule has 0 aliphatic carbocycles. The van der Waals surface area contributed by atoms with E-state index in [1.807, 2.05) is 0 Å². The molecule has 3 rings (SSSR count). The lowest BCUT2D eigenvalue weighted by Crippen LogP contribution is -2.15. The quantitative estimate of drug-likeness (QED) is 0.534. The zero-order chi connectivity index (χ0) is 24.0. The fourth-order valence-electron chi connectivity index (χ4n) is 3.09. The molecule has 2 amide bonds. The van der Waals surface area contributed by atoms with Gasteiger partial charge in [-0.3, -0.25) is 9.59 Å². The molecule has 0 unspecified atom stereocenters. The van der Waals surface area contributed by atoms with E-state index in [-0.39, 0.29) is 11.8 Å². The van der Waals surface area contributed by atoms with Crippen LogP contribution in [0, 0.1) is 6.92 Å². The minimum absolute atomic E-state index is 0.307. The number of nitrogens with one attached hydrogen (secondary N) is 2. The molecule has 9 heteroatoms.